The maximum absolute atomic E-state index is 12.2. The predicted octanol–water partition coefficient (Wildman–Crippen LogP) is 1.55. The highest BCUT2D eigenvalue weighted by Crippen LogP contribution is 2.44. The second kappa shape index (κ2) is 4.90. The third kappa shape index (κ3) is 2.25. The van der Waals surface area contributed by atoms with E-state index < -0.39 is 5.54 Å². The minimum Gasteiger partial charge on any atom is -0.345 e. The number of nitrogens with one attached hydrogen (secondary N) is 1. The molecule has 2 rings (SSSR count). The molecule has 2 atom stereocenters. The van der Waals surface area contributed by atoms with Gasteiger partial charge in [0.05, 0.1) is 6.54 Å². The van der Waals surface area contributed by atoms with Gasteiger partial charge in [0.1, 0.15) is 5.54 Å². The number of piperazine rings is 1. The lowest BCUT2D eigenvalue weighted by atomic mass is 9.88. The van der Waals surface area contributed by atoms with Gasteiger partial charge in [0.25, 0.3) is 0 Å². The van der Waals surface area contributed by atoms with Gasteiger partial charge in [-0.2, -0.15) is 0 Å². The summed E-state index contributed by atoms with van der Waals surface area (Å²) in [6.45, 7) is 7.14. The van der Waals surface area contributed by atoms with Crippen molar-refractivity contribution >= 4 is 11.8 Å². The molecule has 0 radical (unpaired) electrons. The van der Waals surface area contributed by atoms with Gasteiger partial charge in [-0.1, -0.05) is 20.3 Å². The normalized spacial score (nSPS) is 30.3. The van der Waals surface area contributed by atoms with E-state index in [2.05, 4.69) is 19.2 Å². The fourth-order valence-corrected chi connectivity index (χ4v) is 3.05. The van der Waals surface area contributed by atoms with Crippen molar-refractivity contribution in [3.8, 4) is 0 Å². The number of nitrogens with zero attached hydrogens (tertiary/aromatic N) is 1. The Hall–Kier alpha value is -1.06. The zero-order chi connectivity index (χ0) is 13.3. The van der Waals surface area contributed by atoms with Gasteiger partial charge in [0.2, 0.25) is 11.8 Å². The van der Waals surface area contributed by atoms with E-state index in [4.69, 9.17) is 0 Å². The molecule has 0 bridgehead atoms. The minimum absolute atomic E-state index is 0.0355. The van der Waals surface area contributed by atoms with Crippen LogP contribution in [0.5, 0.6) is 0 Å². The smallest absolute Gasteiger partial charge is 0.246 e. The Labute approximate surface area is 109 Å². The van der Waals surface area contributed by atoms with E-state index in [0.717, 1.165) is 25.7 Å². The summed E-state index contributed by atoms with van der Waals surface area (Å²) in [5.74, 6) is 0.929. The number of hydrogen-bond acceptors (Lipinski definition) is 2. The Balaban J connectivity index is 2.16. The maximum atomic E-state index is 12.2. The Kier molecular flexibility index (Phi) is 3.64. The van der Waals surface area contributed by atoms with Gasteiger partial charge in [-0.05, 0) is 38.0 Å². The summed E-state index contributed by atoms with van der Waals surface area (Å²) in [5.41, 5.74) is -0.600. The largest absolute Gasteiger partial charge is 0.345 e. The Bertz CT molecular complexity index is 352. The van der Waals surface area contributed by atoms with Crippen molar-refractivity contribution in [2.75, 3.05) is 13.1 Å². The standard InChI is InChI=1S/C14H24N2O2/c1-4-5-10(2)9-16-12(17)8-15-13(18)14(16,3)11-6-7-11/h10-11H,4-9H2,1-3H3,(H,15,18). The molecule has 2 fully saturated rings. The highest BCUT2D eigenvalue weighted by Gasteiger charge is 2.54. The third-order valence-electron chi connectivity index (χ3n) is 4.37. The number of rotatable bonds is 5. The first-order valence-corrected chi connectivity index (χ1v) is 7.08. The molecule has 1 saturated carbocycles. The molecule has 0 aromatic heterocycles. The van der Waals surface area contributed by atoms with Gasteiger partial charge >= 0.3 is 0 Å². The van der Waals surface area contributed by atoms with Crippen LogP contribution in [0.15, 0.2) is 0 Å². The molecule has 1 aliphatic heterocycles. The monoisotopic (exact) mass is 252 g/mol. The molecular weight excluding hydrogens is 228 g/mol. The van der Waals surface area contributed by atoms with Crippen molar-refractivity contribution in [1.82, 2.24) is 10.2 Å². The number of hydrogen-bond donors (Lipinski definition) is 1. The molecule has 1 N–H and O–H groups in total. The molecule has 4 heteroatoms. The zero-order valence-corrected chi connectivity index (χ0v) is 11.7. The third-order valence-corrected chi connectivity index (χ3v) is 4.37. The first-order chi connectivity index (χ1) is 8.50. The van der Waals surface area contributed by atoms with E-state index in [1.54, 1.807) is 0 Å². The molecule has 0 spiro atoms. The summed E-state index contributed by atoms with van der Waals surface area (Å²) >= 11 is 0. The van der Waals surface area contributed by atoms with Gasteiger partial charge < -0.3 is 10.2 Å². The van der Waals surface area contributed by atoms with Crippen molar-refractivity contribution in [3.05, 3.63) is 0 Å². The predicted molar refractivity (Wildman–Crippen MR) is 69.9 cm³/mol. The van der Waals surface area contributed by atoms with E-state index in [-0.39, 0.29) is 18.4 Å². The number of carbonyl (C=O) groups is 2. The fourth-order valence-electron chi connectivity index (χ4n) is 3.05. The van der Waals surface area contributed by atoms with Crippen molar-refractivity contribution < 1.29 is 9.59 Å². The van der Waals surface area contributed by atoms with Crippen LogP contribution in [0.3, 0.4) is 0 Å². The summed E-state index contributed by atoms with van der Waals surface area (Å²) in [4.78, 5) is 26.2. The average Bonchev–Trinajstić information content (AvgIpc) is 3.14. The van der Waals surface area contributed by atoms with Crippen LogP contribution in [0.4, 0.5) is 0 Å². The van der Waals surface area contributed by atoms with Gasteiger partial charge in [0, 0.05) is 6.54 Å². The van der Waals surface area contributed by atoms with Gasteiger partial charge in [-0.3, -0.25) is 9.59 Å². The molecule has 1 aliphatic carbocycles. The molecule has 0 aromatic carbocycles. The average molecular weight is 252 g/mol. The van der Waals surface area contributed by atoms with Crippen LogP contribution in [-0.4, -0.2) is 35.3 Å². The van der Waals surface area contributed by atoms with E-state index in [1.165, 1.54) is 0 Å². The molecule has 0 aromatic rings. The van der Waals surface area contributed by atoms with Crippen LogP contribution < -0.4 is 5.32 Å². The van der Waals surface area contributed by atoms with E-state index in [1.807, 2.05) is 11.8 Å². The zero-order valence-electron chi connectivity index (χ0n) is 11.7. The van der Waals surface area contributed by atoms with Crippen LogP contribution in [0.25, 0.3) is 0 Å². The topological polar surface area (TPSA) is 49.4 Å². The molecule has 2 amide bonds. The molecule has 2 unspecified atom stereocenters. The van der Waals surface area contributed by atoms with Crippen LogP contribution in [0, 0.1) is 11.8 Å². The van der Waals surface area contributed by atoms with Crippen LogP contribution in [0.2, 0.25) is 0 Å². The summed E-state index contributed by atoms with van der Waals surface area (Å²) in [5, 5.41) is 2.75. The highest BCUT2D eigenvalue weighted by molar-refractivity contribution is 5.98. The van der Waals surface area contributed by atoms with Gasteiger partial charge in [-0.15, -0.1) is 0 Å². The first-order valence-electron chi connectivity index (χ1n) is 7.08. The molecule has 4 nitrogen and oxygen atoms in total. The molecule has 1 saturated heterocycles. The summed E-state index contributed by atoms with van der Waals surface area (Å²) < 4.78 is 0. The van der Waals surface area contributed by atoms with E-state index >= 15 is 0 Å². The van der Waals surface area contributed by atoms with Crippen LogP contribution in [-0.2, 0) is 9.59 Å². The van der Waals surface area contributed by atoms with E-state index in [0.29, 0.717) is 18.4 Å². The second-order valence-electron chi connectivity index (χ2n) is 6.00. The SMILES string of the molecule is CCCC(C)CN1C(=O)CNC(=O)C1(C)C1CC1. The maximum Gasteiger partial charge on any atom is 0.246 e. The second-order valence-corrected chi connectivity index (χ2v) is 6.00. The van der Waals surface area contributed by atoms with Gasteiger partial charge in [0.15, 0.2) is 0 Å². The highest BCUT2D eigenvalue weighted by atomic mass is 16.2. The van der Waals surface area contributed by atoms with Crippen LogP contribution in [0.1, 0.15) is 46.5 Å². The minimum atomic E-state index is -0.600. The molecule has 2 aliphatic rings. The molecule has 18 heavy (non-hydrogen) atoms. The quantitative estimate of drug-likeness (QED) is 0.807. The van der Waals surface area contributed by atoms with E-state index in [9.17, 15) is 9.59 Å². The lowest BCUT2D eigenvalue weighted by Gasteiger charge is -2.45. The Morgan fingerprint density at radius 2 is 2.11 bits per heavy atom. The summed E-state index contributed by atoms with van der Waals surface area (Å²) in [6.07, 6.45) is 4.35. The number of amides is 2. The van der Waals surface area contributed by atoms with Crippen molar-refractivity contribution in [1.29, 1.82) is 0 Å². The number of carbonyl (C=O) groups excluding carboxylic acids is 2. The summed E-state index contributed by atoms with van der Waals surface area (Å²) in [7, 11) is 0. The van der Waals surface area contributed by atoms with Crippen molar-refractivity contribution in [2.45, 2.75) is 52.0 Å². The Morgan fingerprint density at radius 3 is 2.67 bits per heavy atom. The lowest BCUT2D eigenvalue weighted by Crippen LogP contribution is -2.67. The molecule has 1 heterocycles. The van der Waals surface area contributed by atoms with Crippen molar-refractivity contribution in [2.24, 2.45) is 11.8 Å². The lowest BCUT2D eigenvalue weighted by molar-refractivity contribution is -0.155. The summed E-state index contributed by atoms with van der Waals surface area (Å²) in [6, 6.07) is 0. The van der Waals surface area contributed by atoms with Gasteiger partial charge in [-0.25, -0.2) is 0 Å². The molecular formula is C14H24N2O2. The first kappa shape index (κ1) is 13.4. The Morgan fingerprint density at radius 1 is 1.44 bits per heavy atom. The van der Waals surface area contributed by atoms with Crippen LogP contribution >= 0.6 is 0 Å². The molecule has 102 valence electrons. The van der Waals surface area contributed by atoms with Crippen molar-refractivity contribution in [3.63, 3.8) is 0 Å². The fraction of sp³-hybridized carbons (Fsp3) is 0.857.